The van der Waals surface area contributed by atoms with Crippen molar-refractivity contribution in [3.63, 3.8) is 0 Å². The second-order valence-corrected chi connectivity index (χ2v) is 6.21. The zero-order valence-corrected chi connectivity index (χ0v) is 12.5. The Balaban J connectivity index is 1.60. The number of nitrogens with one attached hydrogen (secondary N) is 2. The molecule has 0 aromatic carbocycles. The van der Waals surface area contributed by atoms with Crippen molar-refractivity contribution in [1.82, 2.24) is 9.88 Å². The normalized spacial score (nSPS) is 19.9. The predicted octanol–water partition coefficient (Wildman–Crippen LogP) is 0.502. The van der Waals surface area contributed by atoms with E-state index in [1.165, 1.54) is 24.2 Å². The second-order valence-electron chi connectivity index (χ2n) is 6.21. The molecule has 2 aliphatic heterocycles. The number of likely N-dealkylation sites (tertiary alicyclic amines) is 2. The number of Topliss-reactive ketones (excluding diaryl/α,β-unsaturated/α-hetero) is 1. The molecular weight excluding hydrogens is 266 g/mol. The zero-order valence-electron chi connectivity index (χ0n) is 12.5. The van der Waals surface area contributed by atoms with Crippen LogP contribution in [0.3, 0.4) is 0 Å². The Hall–Kier alpha value is -1.62. The highest BCUT2D eigenvalue weighted by Gasteiger charge is 2.23. The number of nitrogens with zero attached hydrogens (tertiary/aromatic N) is 1. The van der Waals surface area contributed by atoms with Crippen LogP contribution in [0.4, 0.5) is 0 Å². The summed E-state index contributed by atoms with van der Waals surface area (Å²) in [5, 5.41) is 0. The van der Waals surface area contributed by atoms with E-state index in [2.05, 4.69) is 4.98 Å². The summed E-state index contributed by atoms with van der Waals surface area (Å²) in [6.45, 7) is 4.40. The minimum atomic E-state index is 0.0249. The molecule has 2 N–H and O–H groups in total. The number of rotatable bonds is 4. The van der Waals surface area contributed by atoms with E-state index in [-0.39, 0.29) is 11.7 Å². The lowest BCUT2D eigenvalue weighted by Gasteiger charge is -2.22. The third-order valence-electron chi connectivity index (χ3n) is 4.60. The molecular formula is C16H24N3O2+. The van der Waals surface area contributed by atoms with E-state index in [0.717, 1.165) is 39.0 Å². The maximum Gasteiger partial charge on any atom is 0.270 e. The lowest BCUT2D eigenvalue weighted by Crippen LogP contribution is -3.13. The van der Waals surface area contributed by atoms with Gasteiger partial charge in [0, 0.05) is 24.8 Å². The molecule has 0 aliphatic carbocycles. The number of amides is 1. The van der Waals surface area contributed by atoms with Crippen LogP contribution in [-0.2, 0) is 0 Å². The number of ketones is 1. The van der Waals surface area contributed by atoms with Gasteiger partial charge in [0.2, 0.25) is 5.78 Å². The van der Waals surface area contributed by atoms with Crippen LogP contribution in [0, 0.1) is 0 Å². The van der Waals surface area contributed by atoms with Gasteiger partial charge in [-0.3, -0.25) is 9.59 Å². The first-order valence-electron chi connectivity index (χ1n) is 8.08. The van der Waals surface area contributed by atoms with Crippen molar-refractivity contribution in [2.24, 2.45) is 0 Å². The average molecular weight is 290 g/mol. The monoisotopic (exact) mass is 290 g/mol. The molecule has 2 fully saturated rings. The van der Waals surface area contributed by atoms with E-state index in [1.807, 2.05) is 4.90 Å². The van der Waals surface area contributed by atoms with Gasteiger partial charge in [-0.25, -0.2) is 0 Å². The van der Waals surface area contributed by atoms with Crippen molar-refractivity contribution in [2.45, 2.75) is 32.1 Å². The van der Waals surface area contributed by atoms with E-state index < -0.39 is 0 Å². The minimum absolute atomic E-state index is 0.0249. The summed E-state index contributed by atoms with van der Waals surface area (Å²) in [6.07, 6.45) is 7.57. The van der Waals surface area contributed by atoms with Gasteiger partial charge in [0.15, 0.2) is 0 Å². The first-order chi connectivity index (χ1) is 10.2. The standard InChI is InChI=1S/C16H23N3O2/c20-15(12-18-6-2-1-3-7-18)13-10-14(17-11-13)16(21)19-8-4-5-9-19/h10-11,17H,1-9,12H2/p+1. The Kier molecular flexibility index (Phi) is 4.39. The molecule has 5 heteroatoms. The molecule has 3 heterocycles. The number of carbonyl (C=O) groups is 2. The summed E-state index contributed by atoms with van der Waals surface area (Å²) >= 11 is 0. The van der Waals surface area contributed by atoms with Crippen LogP contribution in [0.5, 0.6) is 0 Å². The van der Waals surface area contributed by atoms with Crippen LogP contribution in [0.15, 0.2) is 12.3 Å². The van der Waals surface area contributed by atoms with E-state index in [4.69, 9.17) is 0 Å². The predicted molar refractivity (Wildman–Crippen MR) is 79.7 cm³/mol. The number of piperidine rings is 1. The lowest BCUT2D eigenvalue weighted by molar-refractivity contribution is -0.896. The first kappa shape index (κ1) is 14.3. The van der Waals surface area contributed by atoms with Crippen LogP contribution >= 0.6 is 0 Å². The summed E-state index contributed by atoms with van der Waals surface area (Å²) in [5.74, 6) is 0.167. The molecule has 21 heavy (non-hydrogen) atoms. The number of quaternary nitrogens is 1. The third-order valence-corrected chi connectivity index (χ3v) is 4.60. The van der Waals surface area contributed by atoms with E-state index in [9.17, 15) is 9.59 Å². The summed E-state index contributed by atoms with van der Waals surface area (Å²) in [4.78, 5) is 30.8. The fourth-order valence-corrected chi connectivity index (χ4v) is 3.33. The quantitative estimate of drug-likeness (QED) is 0.794. The van der Waals surface area contributed by atoms with E-state index in [0.29, 0.717) is 17.8 Å². The third kappa shape index (κ3) is 3.35. The number of aromatic amines is 1. The molecule has 0 spiro atoms. The minimum Gasteiger partial charge on any atom is -0.356 e. The van der Waals surface area contributed by atoms with Gasteiger partial charge in [-0.15, -0.1) is 0 Å². The molecule has 114 valence electrons. The van der Waals surface area contributed by atoms with Gasteiger partial charge in [-0.1, -0.05) is 0 Å². The van der Waals surface area contributed by atoms with Gasteiger partial charge in [0.25, 0.3) is 5.91 Å². The molecule has 2 saturated heterocycles. The Morgan fingerprint density at radius 2 is 1.81 bits per heavy atom. The average Bonchev–Trinajstić information content (AvgIpc) is 3.19. The summed E-state index contributed by atoms with van der Waals surface area (Å²) in [6, 6.07) is 1.73. The molecule has 2 aliphatic rings. The molecule has 0 unspecified atom stereocenters. The second kappa shape index (κ2) is 6.43. The molecule has 5 nitrogen and oxygen atoms in total. The number of aromatic nitrogens is 1. The molecule has 3 rings (SSSR count). The number of carbonyl (C=O) groups excluding carboxylic acids is 2. The van der Waals surface area contributed by atoms with Gasteiger partial charge in [0.05, 0.1) is 13.1 Å². The molecule has 1 aromatic heterocycles. The van der Waals surface area contributed by atoms with Crippen LogP contribution in [0.1, 0.15) is 53.0 Å². The highest BCUT2D eigenvalue weighted by Crippen LogP contribution is 2.13. The van der Waals surface area contributed by atoms with Gasteiger partial charge in [-0.2, -0.15) is 0 Å². The van der Waals surface area contributed by atoms with Crippen molar-refractivity contribution < 1.29 is 14.5 Å². The van der Waals surface area contributed by atoms with Crippen LogP contribution < -0.4 is 4.90 Å². The smallest absolute Gasteiger partial charge is 0.270 e. The Morgan fingerprint density at radius 3 is 2.52 bits per heavy atom. The Bertz CT molecular complexity index is 511. The SMILES string of the molecule is O=C(C[NH+]1CCCCC1)c1c[nH]c(C(=O)N2CCCC2)c1. The van der Waals surface area contributed by atoms with Crippen molar-refractivity contribution in [1.29, 1.82) is 0 Å². The molecule has 0 atom stereocenters. The largest absolute Gasteiger partial charge is 0.356 e. The van der Waals surface area contributed by atoms with Crippen molar-refractivity contribution in [3.8, 4) is 0 Å². The van der Waals surface area contributed by atoms with E-state index in [1.54, 1.807) is 12.3 Å². The maximum absolute atomic E-state index is 12.3. The van der Waals surface area contributed by atoms with Crippen molar-refractivity contribution >= 4 is 11.7 Å². The van der Waals surface area contributed by atoms with Gasteiger partial charge in [-0.05, 0) is 38.2 Å². The number of H-pyrrole nitrogens is 1. The van der Waals surface area contributed by atoms with Crippen molar-refractivity contribution in [2.75, 3.05) is 32.7 Å². The molecule has 0 bridgehead atoms. The van der Waals surface area contributed by atoms with Gasteiger partial charge >= 0.3 is 0 Å². The van der Waals surface area contributed by atoms with Gasteiger partial charge in [0.1, 0.15) is 12.2 Å². The Morgan fingerprint density at radius 1 is 1.10 bits per heavy atom. The Labute approximate surface area is 125 Å². The number of hydrogen-bond donors (Lipinski definition) is 2. The highest BCUT2D eigenvalue weighted by molar-refractivity contribution is 6.00. The molecule has 0 radical (unpaired) electrons. The molecule has 0 saturated carbocycles. The van der Waals surface area contributed by atoms with Gasteiger partial charge < -0.3 is 14.8 Å². The summed E-state index contributed by atoms with van der Waals surface area (Å²) in [5.41, 5.74) is 1.20. The topological polar surface area (TPSA) is 57.6 Å². The zero-order chi connectivity index (χ0) is 14.7. The number of hydrogen-bond acceptors (Lipinski definition) is 2. The summed E-state index contributed by atoms with van der Waals surface area (Å²) in [7, 11) is 0. The fourth-order valence-electron chi connectivity index (χ4n) is 3.33. The van der Waals surface area contributed by atoms with Crippen LogP contribution in [0.25, 0.3) is 0 Å². The first-order valence-corrected chi connectivity index (χ1v) is 8.08. The van der Waals surface area contributed by atoms with Crippen molar-refractivity contribution in [3.05, 3.63) is 23.5 Å². The lowest BCUT2D eigenvalue weighted by atomic mass is 10.1. The molecule has 1 amide bonds. The fraction of sp³-hybridized carbons (Fsp3) is 0.625. The van der Waals surface area contributed by atoms with Crippen LogP contribution in [0.2, 0.25) is 0 Å². The van der Waals surface area contributed by atoms with Crippen LogP contribution in [-0.4, -0.2) is 54.3 Å². The molecule has 1 aromatic rings. The highest BCUT2D eigenvalue weighted by atomic mass is 16.2. The van der Waals surface area contributed by atoms with E-state index >= 15 is 0 Å². The maximum atomic E-state index is 12.3. The summed E-state index contributed by atoms with van der Waals surface area (Å²) < 4.78 is 0.